The maximum absolute atomic E-state index is 6.33. The Kier molecular flexibility index (Phi) is 7.76. The van der Waals surface area contributed by atoms with E-state index in [0.717, 1.165) is 17.0 Å². The van der Waals surface area contributed by atoms with Gasteiger partial charge in [-0.15, -0.1) is 11.8 Å². The van der Waals surface area contributed by atoms with Crippen molar-refractivity contribution in [2.75, 3.05) is 6.61 Å². The molecule has 2 aromatic carbocycles. The van der Waals surface area contributed by atoms with Gasteiger partial charge in [0.05, 0.1) is 29.8 Å². The van der Waals surface area contributed by atoms with Crippen LogP contribution in [-0.2, 0) is 17.9 Å². The van der Waals surface area contributed by atoms with E-state index < -0.39 is 0 Å². The van der Waals surface area contributed by atoms with Crippen molar-refractivity contribution in [2.24, 2.45) is 0 Å². The Morgan fingerprint density at radius 3 is 2.41 bits per heavy atom. The summed E-state index contributed by atoms with van der Waals surface area (Å²) in [4.78, 5) is 5.06. The number of nitrogens with zero attached hydrogens (tertiary/aromatic N) is 2. The molecule has 0 fully saturated rings. The molecule has 3 aromatic rings. The van der Waals surface area contributed by atoms with Crippen LogP contribution in [0.5, 0.6) is 0 Å². The number of hydrogen-bond acceptors (Lipinski definition) is 3. The average Bonchev–Trinajstić information content (AvgIpc) is 3.12. The summed E-state index contributed by atoms with van der Waals surface area (Å²) < 4.78 is 7.95. The Morgan fingerprint density at radius 1 is 1.00 bits per heavy atom. The zero-order valence-electron chi connectivity index (χ0n) is 14.1. The van der Waals surface area contributed by atoms with Crippen LogP contribution in [0.15, 0.2) is 60.0 Å². The van der Waals surface area contributed by atoms with Gasteiger partial charge < -0.3 is 9.30 Å². The highest BCUT2D eigenvalue weighted by Crippen LogP contribution is 2.33. The fourth-order valence-electron chi connectivity index (χ4n) is 2.44. The standard InChI is InChI=1S/C19H16Cl4N2OS/c20-14-2-1-13(17(22)7-14)10-26-11-16(9-25-6-5-24-12-25)27-19-4-3-15(21)8-18(19)23/h1-8,12,16H,9-11H2. The first-order valence-electron chi connectivity index (χ1n) is 8.10. The molecule has 1 atom stereocenters. The molecule has 27 heavy (non-hydrogen) atoms. The number of hydrogen-bond donors (Lipinski definition) is 0. The summed E-state index contributed by atoms with van der Waals surface area (Å²) in [5.74, 6) is 0. The Balaban J connectivity index is 1.66. The normalized spacial score (nSPS) is 12.3. The molecule has 0 amide bonds. The van der Waals surface area contributed by atoms with Gasteiger partial charge in [-0.05, 0) is 35.9 Å². The predicted molar refractivity (Wildman–Crippen MR) is 114 cm³/mol. The van der Waals surface area contributed by atoms with Crippen LogP contribution < -0.4 is 0 Å². The molecule has 3 nitrogen and oxygen atoms in total. The summed E-state index contributed by atoms with van der Waals surface area (Å²) in [6, 6.07) is 10.9. The molecule has 142 valence electrons. The second-order valence-electron chi connectivity index (χ2n) is 5.82. The van der Waals surface area contributed by atoms with Crippen LogP contribution in [0.4, 0.5) is 0 Å². The molecule has 0 saturated heterocycles. The van der Waals surface area contributed by atoms with Crippen molar-refractivity contribution in [1.82, 2.24) is 9.55 Å². The molecule has 8 heteroatoms. The summed E-state index contributed by atoms with van der Waals surface area (Å²) in [6.07, 6.45) is 5.46. The zero-order chi connectivity index (χ0) is 19.2. The lowest BCUT2D eigenvalue weighted by molar-refractivity contribution is 0.119. The number of ether oxygens (including phenoxy) is 1. The van der Waals surface area contributed by atoms with Gasteiger partial charge in [0.15, 0.2) is 0 Å². The maximum Gasteiger partial charge on any atom is 0.0946 e. The third-order valence-electron chi connectivity index (χ3n) is 3.74. The molecule has 0 aliphatic carbocycles. The molecule has 0 saturated carbocycles. The molecule has 0 aliphatic heterocycles. The van der Waals surface area contributed by atoms with Crippen molar-refractivity contribution >= 4 is 58.2 Å². The molecule has 0 aliphatic rings. The van der Waals surface area contributed by atoms with E-state index in [1.54, 1.807) is 42.5 Å². The fourth-order valence-corrected chi connectivity index (χ4v) is 4.54. The van der Waals surface area contributed by atoms with E-state index in [0.29, 0.717) is 33.3 Å². The molecule has 0 radical (unpaired) electrons. The van der Waals surface area contributed by atoms with Crippen molar-refractivity contribution in [1.29, 1.82) is 0 Å². The first kappa shape index (κ1) is 20.8. The van der Waals surface area contributed by atoms with Gasteiger partial charge in [-0.1, -0.05) is 52.5 Å². The number of rotatable bonds is 8. The van der Waals surface area contributed by atoms with Gasteiger partial charge in [0.2, 0.25) is 0 Å². The van der Waals surface area contributed by atoms with Crippen molar-refractivity contribution < 1.29 is 4.74 Å². The van der Waals surface area contributed by atoms with E-state index in [2.05, 4.69) is 4.98 Å². The molecule has 0 spiro atoms. The largest absolute Gasteiger partial charge is 0.375 e. The fraction of sp³-hybridized carbons (Fsp3) is 0.211. The molecule has 0 N–H and O–H groups in total. The highest BCUT2D eigenvalue weighted by atomic mass is 35.5. The van der Waals surface area contributed by atoms with E-state index in [1.807, 2.05) is 29.0 Å². The lowest BCUT2D eigenvalue weighted by Gasteiger charge is -2.18. The molecule has 3 rings (SSSR count). The molecular formula is C19H16Cl4N2OS. The summed E-state index contributed by atoms with van der Waals surface area (Å²) >= 11 is 26.1. The first-order valence-corrected chi connectivity index (χ1v) is 10.5. The molecule has 1 aromatic heterocycles. The minimum atomic E-state index is 0.129. The second kappa shape index (κ2) is 10.1. The average molecular weight is 462 g/mol. The lowest BCUT2D eigenvalue weighted by Crippen LogP contribution is -2.18. The summed E-state index contributed by atoms with van der Waals surface area (Å²) in [5.41, 5.74) is 0.900. The van der Waals surface area contributed by atoms with Gasteiger partial charge in [-0.3, -0.25) is 0 Å². The van der Waals surface area contributed by atoms with Crippen LogP contribution in [0, 0.1) is 0 Å². The smallest absolute Gasteiger partial charge is 0.0946 e. The molecule has 1 unspecified atom stereocenters. The molecule has 0 bridgehead atoms. The van der Waals surface area contributed by atoms with E-state index in [4.69, 9.17) is 51.1 Å². The number of imidazole rings is 1. The van der Waals surface area contributed by atoms with Crippen LogP contribution in [0.25, 0.3) is 0 Å². The van der Waals surface area contributed by atoms with Crippen molar-refractivity contribution in [3.05, 3.63) is 80.8 Å². The van der Waals surface area contributed by atoms with E-state index in [-0.39, 0.29) is 5.25 Å². The van der Waals surface area contributed by atoms with E-state index >= 15 is 0 Å². The monoisotopic (exact) mass is 460 g/mol. The molecule has 1 heterocycles. The maximum atomic E-state index is 6.33. The van der Waals surface area contributed by atoms with Crippen LogP contribution >= 0.6 is 58.2 Å². The van der Waals surface area contributed by atoms with Gasteiger partial charge in [-0.2, -0.15) is 0 Å². The quantitative estimate of drug-likeness (QED) is 0.342. The van der Waals surface area contributed by atoms with Crippen LogP contribution in [-0.4, -0.2) is 21.4 Å². The van der Waals surface area contributed by atoms with E-state index in [1.165, 1.54) is 0 Å². The lowest BCUT2D eigenvalue weighted by atomic mass is 10.2. The first-order chi connectivity index (χ1) is 13.0. The Labute approximate surface area is 182 Å². The van der Waals surface area contributed by atoms with Crippen LogP contribution in [0.3, 0.4) is 0 Å². The second-order valence-corrected chi connectivity index (χ2v) is 8.85. The van der Waals surface area contributed by atoms with Crippen LogP contribution in [0.1, 0.15) is 5.56 Å². The highest BCUT2D eigenvalue weighted by Gasteiger charge is 2.15. The van der Waals surface area contributed by atoms with Crippen molar-refractivity contribution in [2.45, 2.75) is 23.3 Å². The Hall–Kier alpha value is -0.880. The Morgan fingerprint density at radius 2 is 1.74 bits per heavy atom. The summed E-state index contributed by atoms with van der Waals surface area (Å²) in [6.45, 7) is 1.66. The number of halogens is 4. The van der Waals surface area contributed by atoms with Gasteiger partial charge in [-0.25, -0.2) is 4.98 Å². The van der Waals surface area contributed by atoms with Gasteiger partial charge in [0.25, 0.3) is 0 Å². The van der Waals surface area contributed by atoms with Crippen LogP contribution in [0.2, 0.25) is 20.1 Å². The Bertz CT molecular complexity index is 889. The van der Waals surface area contributed by atoms with Crippen molar-refractivity contribution in [3.8, 4) is 0 Å². The third-order valence-corrected chi connectivity index (χ3v) is 6.21. The predicted octanol–water partition coefficient (Wildman–Crippen LogP) is 6.87. The van der Waals surface area contributed by atoms with Crippen molar-refractivity contribution in [3.63, 3.8) is 0 Å². The van der Waals surface area contributed by atoms with Gasteiger partial charge in [0, 0.05) is 38.9 Å². The summed E-state index contributed by atoms with van der Waals surface area (Å²) in [7, 11) is 0. The van der Waals surface area contributed by atoms with Gasteiger partial charge in [0.1, 0.15) is 0 Å². The minimum Gasteiger partial charge on any atom is -0.375 e. The van der Waals surface area contributed by atoms with Gasteiger partial charge >= 0.3 is 0 Å². The number of aromatic nitrogens is 2. The minimum absolute atomic E-state index is 0.129. The number of benzene rings is 2. The highest BCUT2D eigenvalue weighted by molar-refractivity contribution is 8.00. The number of thioether (sulfide) groups is 1. The molecular weight excluding hydrogens is 446 g/mol. The zero-order valence-corrected chi connectivity index (χ0v) is 18.0. The topological polar surface area (TPSA) is 27.1 Å². The SMILES string of the molecule is Clc1ccc(COCC(Cn2ccnc2)Sc2ccc(Cl)cc2Cl)c(Cl)c1. The third kappa shape index (κ3) is 6.31. The van der Waals surface area contributed by atoms with E-state index in [9.17, 15) is 0 Å². The summed E-state index contributed by atoms with van der Waals surface area (Å²) in [5, 5.41) is 2.58.